The second-order valence-electron chi connectivity index (χ2n) is 6.80. The van der Waals surface area contributed by atoms with Crippen molar-refractivity contribution < 1.29 is 18.8 Å². The van der Waals surface area contributed by atoms with Crippen molar-refractivity contribution >= 4 is 17.5 Å². The number of aromatic nitrogens is 2. The molecule has 3 aromatic rings. The second kappa shape index (κ2) is 9.69. The molecule has 0 atom stereocenters. The SMILES string of the molecule is CCOc1ccc(-c2noc(CCC(=O)Nc3cccc(C(=O)N(C)C)c3)n2)cc1. The van der Waals surface area contributed by atoms with Gasteiger partial charge in [-0.25, -0.2) is 0 Å². The number of nitrogens with one attached hydrogen (secondary N) is 1. The molecular weight excluding hydrogens is 384 g/mol. The van der Waals surface area contributed by atoms with Crippen molar-refractivity contribution in [2.75, 3.05) is 26.0 Å². The molecule has 156 valence electrons. The molecule has 0 saturated carbocycles. The summed E-state index contributed by atoms with van der Waals surface area (Å²) in [7, 11) is 3.36. The molecule has 0 aliphatic carbocycles. The van der Waals surface area contributed by atoms with Gasteiger partial charge < -0.3 is 19.5 Å². The fourth-order valence-corrected chi connectivity index (χ4v) is 2.77. The van der Waals surface area contributed by atoms with E-state index >= 15 is 0 Å². The number of carbonyl (C=O) groups is 2. The summed E-state index contributed by atoms with van der Waals surface area (Å²) in [6.45, 7) is 2.53. The molecule has 0 aliphatic heterocycles. The smallest absolute Gasteiger partial charge is 0.253 e. The summed E-state index contributed by atoms with van der Waals surface area (Å²) in [6.07, 6.45) is 0.489. The van der Waals surface area contributed by atoms with Crippen LogP contribution in [-0.4, -0.2) is 47.6 Å². The average molecular weight is 408 g/mol. The first-order valence-corrected chi connectivity index (χ1v) is 9.63. The van der Waals surface area contributed by atoms with E-state index in [1.165, 1.54) is 4.90 Å². The molecular formula is C22H24N4O4. The number of nitrogens with zero attached hydrogens (tertiary/aromatic N) is 3. The van der Waals surface area contributed by atoms with Crippen molar-refractivity contribution in [2.24, 2.45) is 0 Å². The Morgan fingerprint density at radius 2 is 1.90 bits per heavy atom. The van der Waals surface area contributed by atoms with Crippen LogP contribution in [0.3, 0.4) is 0 Å². The summed E-state index contributed by atoms with van der Waals surface area (Å²) in [5.74, 6) is 1.29. The molecule has 3 rings (SSSR count). The van der Waals surface area contributed by atoms with Crippen LogP contribution in [0.25, 0.3) is 11.4 Å². The van der Waals surface area contributed by atoms with Gasteiger partial charge in [0.1, 0.15) is 5.75 Å². The molecule has 0 spiro atoms. The lowest BCUT2D eigenvalue weighted by molar-refractivity contribution is -0.116. The molecule has 1 heterocycles. The summed E-state index contributed by atoms with van der Waals surface area (Å²) in [5.41, 5.74) is 1.88. The molecule has 1 N–H and O–H groups in total. The normalized spacial score (nSPS) is 10.5. The number of ether oxygens (including phenoxy) is 1. The van der Waals surface area contributed by atoms with Crippen LogP contribution in [0, 0.1) is 0 Å². The third kappa shape index (κ3) is 5.44. The molecule has 30 heavy (non-hydrogen) atoms. The molecule has 0 unspecified atom stereocenters. The first kappa shape index (κ1) is 21.0. The summed E-state index contributed by atoms with van der Waals surface area (Å²) in [6, 6.07) is 14.2. The van der Waals surface area contributed by atoms with Crippen LogP contribution in [0.15, 0.2) is 53.1 Å². The number of hydrogen-bond acceptors (Lipinski definition) is 6. The van der Waals surface area contributed by atoms with E-state index in [0.29, 0.717) is 36.0 Å². The second-order valence-corrected chi connectivity index (χ2v) is 6.80. The van der Waals surface area contributed by atoms with Gasteiger partial charge in [-0.3, -0.25) is 9.59 Å². The maximum absolute atomic E-state index is 12.3. The van der Waals surface area contributed by atoms with Crippen LogP contribution in [0.5, 0.6) is 5.75 Å². The third-order valence-corrected chi connectivity index (χ3v) is 4.26. The van der Waals surface area contributed by atoms with Crippen molar-refractivity contribution in [3.8, 4) is 17.1 Å². The zero-order valence-corrected chi connectivity index (χ0v) is 17.2. The van der Waals surface area contributed by atoms with Gasteiger partial charge in [0.25, 0.3) is 5.91 Å². The van der Waals surface area contributed by atoms with E-state index < -0.39 is 0 Å². The number of hydrogen-bond donors (Lipinski definition) is 1. The third-order valence-electron chi connectivity index (χ3n) is 4.26. The van der Waals surface area contributed by atoms with E-state index in [4.69, 9.17) is 9.26 Å². The van der Waals surface area contributed by atoms with E-state index in [-0.39, 0.29) is 18.2 Å². The molecule has 8 heteroatoms. The molecule has 0 bridgehead atoms. The maximum atomic E-state index is 12.3. The highest BCUT2D eigenvalue weighted by Gasteiger charge is 2.12. The summed E-state index contributed by atoms with van der Waals surface area (Å²) < 4.78 is 10.7. The number of anilines is 1. The van der Waals surface area contributed by atoms with Gasteiger partial charge in [0, 0.05) is 43.8 Å². The summed E-state index contributed by atoms with van der Waals surface area (Å²) in [4.78, 5) is 30.1. The Hall–Kier alpha value is -3.68. The van der Waals surface area contributed by atoms with Crippen LogP contribution in [0.2, 0.25) is 0 Å². The van der Waals surface area contributed by atoms with Crippen molar-refractivity contribution in [3.05, 3.63) is 60.0 Å². The van der Waals surface area contributed by atoms with Gasteiger partial charge in [-0.2, -0.15) is 4.98 Å². The van der Waals surface area contributed by atoms with Crippen LogP contribution in [-0.2, 0) is 11.2 Å². The number of amides is 2. The molecule has 2 aromatic carbocycles. The van der Waals surface area contributed by atoms with Crippen LogP contribution < -0.4 is 10.1 Å². The first-order valence-electron chi connectivity index (χ1n) is 9.63. The number of rotatable bonds is 8. The van der Waals surface area contributed by atoms with Crippen LogP contribution in [0.4, 0.5) is 5.69 Å². The van der Waals surface area contributed by atoms with E-state index in [2.05, 4.69) is 15.5 Å². The van der Waals surface area contributed by atoms with E-state index in [9.17, 15) is 9.59 Å². The minimum atomic E-state index is -0.203. The quantitative estimate of drug-likeness (QED) is 0.613. The lowest BCUT2D eigenvalue weighted by Crippen LogP contribution is -2.22. The number of carbonyl (C=O) groups excluding carboxylic acids is 2. The van der Waals surface area contributed by atoms with Crippen molar-refractivity contribution in [3.63, 3.8) is 0 Å². The first-order chi connectivity index (χ1) is 14.5. The molecule has 1 aromatic heterocycles. The standard InChI is InChI=1S/C22H24N4O4/c1-4-29-18-10-8-15(9-11-18)21-24-20(30-25-21)13-12-19(27)23-17-7-5-6-16(14-17)22(28)26(2)3/h5-11,14H,4,12-13H2,1-3H3,(H,23,27). The zero-order chi connectivity index (χ0) is 21.5. The summed E-state index contributed by atoms with van der Waals surface area (Å²) in [5, 5.41) is 6.76. The predicted octanol–water partition coefficient (Wildman–Crippen LogP) is 3.41. The molecule has 2 amide bonds. The lowest BCUT2D eigenvalue weighted by atomic mass is 10.1. The van der Waals surface area contributed by atoms with Crippen LogP contribution in [0.1, 0.15) is 29.6 Å². The predicted molar refractivity (Wildman–Crippen MR) is 112 cm³/mol. The molecule has 0 fully saturated rings. The highest BCUT2D eigenvalue weighted by atomic mass is 16.5. The van der Waals surface area contributed by atoms with Crippen molar-refractivity contribution in [1.82, 2.24) is 15.0 Å². The van der Waals surface area contributed by atoms with Crippen LogP contribution >= 0.6 is 0 Å². The number of aryl methyl sites for hydroxylation is 1. The highest BCUT2D eigenvalue weighted by molar-refractivity contribution is 5.97. The average Bonchev–Trinajstić information content (AvgIpc) is 3.22. The van der Waals surface area contributed by atoms with Gasteiger partial charge in [0.05, 0.1) is 6.61 Å². The minimum absolute atomic E-state index is 0.126. The fourth-order valence-electron chi connectivity index (χ4n) is 2.77. The molecule has 0 aliphatic rings. The summed E-state index contributed by atoms with van der Waals surface area (Å²) >= 11 is 0. The Morgan fingerprint density at radius 1 is 1.13 bits per heavy atom. The van der Waals surface area contributed by atoms with E-state index in [0.717, 1.165) is 11.3 Å². The van der Waals surface area contributed by atoms with Gasteiger partial charge in [-0.1, -0.05) is 11.2 Å². The van der Waals surface area contributed by atoms with Crippen molar-refractivity contribution in [1.29, 1.82) is 0 Å². The fraction of sp³-hybridized carbons (Fsp3) is 0.273. The monoisotopic (exact) mass is 408 g/mol. The van der Waals surface area contributed by atoms with Gasteiger partial charge in [0.15, 0.2) is 0 Å². The van der Waals surface area contributed by atoms with Gasteiger partial charge in [-0.05, 0) is 49.4 Å². The maximum Gasteiger partial charge on any atom is 0.253 e. The Kier molecular flexibility index (Phi) is 6.79. The molecule has 8 nitrogen and oxygen atoms in total. The Balaban J connectivity index is 1.55. The van der Waals surface area contributed by atoms with E-state index in [1.807, 2.05) is 31.2 Å². The zero-order valence-electron chi connectivity index (χ0n) is 17.2. The van der Waals surface area contributed by atoms with Crippen molar-refractivity contribution in [2.45, 2.75) is 19.8 Å². The van der Waals surface area contributed by atoms with Gasteiger partial charge in [-0.15, -0.1) is 0 Å². The van der Waals surface area contributed by atoms with Gasteiger partial charge >= 0.3 is 0 Å². The minimum Gasteiger partial charge on any atom is -0.494 e. The topological polar surface area (TPSA) is 97.6 Å². The Labute approximate surface area is 174 Å². The highest BCUT2D eigenvalue weighted by Crippen LogP contribution is 2.20. The molecule has 0 radical (unpaired) electrons. The Bertz CT molecular complexity index is 1010. The van der Waals surface area contributed by atoms with E-state index in [1.54, 1.807) is 38.4 Å². The van der Waals surface area contributed by atoms with Gasteiger partial charge in [0.2, 0.25) is 17.6 Å². The largest absolute Gasteiger partial charge is 0.494 e. The molecule has 0 saturated heterocycles. The lowest BCUT2D eigenvalue weighted by Gasteiger charge is -2.11. The Morgan fingerprint density at radius 3 is 2.60 bits per heavy atom. The number of benzene rings is 2.